The first-order chi connectivity index (χ1) is 8.87. The molecule has 0 aromatic heterocycles. The van der Waals surface area contributed by atoms with Crippen molar-refractivity contribution in [2.75, 3.05) is 0 Å². The van der Waals surface area contributed by atoms with Crippen LogP contribution in [0.25, 0.3) is 0 Å². The third kappa shape index (κ3) is 4.27. The van der Waals surface area contributed by atoms with Crippen LogP contribution in [0.3, 0.4) is 0 Å². The minimum absolute atomic E-state index is 0.0255. The molecule has 10 heteroatoms. The van der Waals surface area contributed by atoms with Crippen LogP contribution in [-0.4, -0.2) is 35.0 Å². The number of hydrogen-bond acceptors (Lipinski definition) is 3. The van der Waals surface area contributed by atoms with Crippen LogP contribution in [0.2, 0.25) is 0 Å². The second-order valence-electron chi connectivity index (χ2n) is 3.97. The maximum atomic E-state index is 12.7. The van der Waals surface area contributed by atoms with E-state index in [-0.39, 0.29) is 6.42 Å². The number of carbonyl (C=O) groups excluding carboxylic acids is 1. The first kappa shape index (κ1) is 18.5. The van der Waals surface area contributed by atoms with Crippen molar-refractivity contribution >= 4 is 11.9 Å². The molecule has 0 unspecified atom stereocenters. The lowest BCUT2D eigenvalue weighted by Gasteiger charge is -2.35. The van der Waals surface area contributed by atoms with Gasteiger partial charge in [0, 0.05) is 6.42 Å². The first-order valence-electron chi connectivity index (χ1n) is 5.44. The van der Waals surface area contributed by atoms with Crippen LogP contribution in [-0.2, 0) is 14.3 Å². The third-order valence-electron chi connectivity index (χ3n) is 2.34. The monoisotopic (exact) mass is 310 g/mol. The van der Waals surface area contributed by atoms with Crippen LogP contribution >= 0.6 is 0 Å². The van der Waals surface area contributed by atoms with E-state index in [9.17, 15) is 35.9 Å². The van der Waals surface area contributed by atoms with Crippen molar-refractivity contribution in [3.63, 3.8) is 0 Å². The molecule has 0 aliphatic carbocycles. The number of halogens is 6. The molecule has 20 heavy (non-hydrogen) atoms. The Hall–Kier alpha value is -1.48. The molecule has 0 saturated carbocycles. The van der Waals surface area contributed by atoms with Crippen LogP contribution in [0.1, 0.15) is 32.6 Å². The Kier molecular flexibility index (Phi) is 5.85. The number of ether oxygens (including phenoxy) is 1. The molecular weight excluding hydrogens is 298 g/mol. The second-order valence-corrected chi connectivity index (χ2v) is 3.97. The minimum Gasteiger partial charge on any atom is -0.481 e. The van der Waals surface area contributed by atoms with E-state index in [4.69, 9.17) is 5.11 Å². The molecule has 0 aromatic rings. The molecule has 0 saturated heterocycles. The summed E-state index contributed by atoms with van der Waals surface area (Å²) >= 11 is 0. The molecule has 0 heterocycles. The fourth-order valence-electron chi connectivity index (χ4n) is 1.29. The molecule has 118 valence electrons. The number of rotatable bonds is 6. The van der Waals surface area contributed by atoms with Gasteiger partial charge in [0.2, 0.25) is 0 Å². The van der Waals surface area contributed by atoms with E-state index in [0.717, 1.165) is 0 Å². The summed E-state index contributed by atoms with van der Waals surface area (Å²) in [5, 5.41) is 8.27. The summed E-state index contributed by atoms with van der Waals surface area (Å²) in [5.74, 6) is -4.13. The van der Waals surface area contributed by atoms with E-state index in [2.05, 4.69) is 4.74 Å². The van der Waals surface area contributed by atoms with E-state index >= 15 is 0 Å². The van der Waals surface area contributed by atoms with E-state index in [1.807, 2.05) is 0 Å². The van der Waals surface area contributed by atoms with Crippen LogP contribution in [0, 0.1) is 0 Å². The predicted octanol–water partition coefficient (Wildman–Crippen LogP) is 3.06. The molecule has 0 aromatic carbocycles. The zero-order valence-corrected chi connectivity index (χ0v) is 10.3. The molecule has 0 amide bonds. The van der Waals surface area contributed by atoms with Gasteiger partial charge in [-0.2, -0.15) is 26.3 Å². The Morgan fingerprint density at radius 3 is 1.80 bits per heavy atom. The molecule has 0 fully saturated rings. The number of carboxylic acids is 1. The average Bonchev–Trinajstić information content (AvgIpc) is 2.21. The van der Waals surface area contributed by atoms with Gasteiger partial charge in [-0.05, 0) is 6.42 Å². The smallest absolute Gasteiger partial charge is 0.438 e. The second kappa shape index (κ2) is 6.31. The molecule has 0 aliphatic rings. The van der Waals surface area contributed by atoms with Gasteiger partial charge in [0.25, 0.3) is 0 Å². The number of carboxylic acid groups (broad SMARTS) is 1. The Balaban J connectivity index is 5.53. The molecule has 0 rings (SSSR count). The van der Waals surface area contributed by atoms with E-state index in [1.54, 1.807) is 6.92 Å². The SMILES string of the molecule is CCCCC(=O)OC(CC(=O)O)(C(F)(F)F)C(F)(F)F. The number of aliphatic carboxylic acids is 1. The Morgan fingerprint density at radius 2 is 1.50 bits per heavy atom. The number of esters is 1. The van der Waals surface area contributed by atoms with Crippen molar-refractivity contribution in [2.24, 2.45) is 0 Å². The standard InChI is InChI=1S/C10H12F6O4/c1-2-3-4-7(19)20-8(5-6(17)18,9(11,12)13)10(14,15)16/h2-5H2,1H3,(H,17,18). The largest absolute Gasteiger partial charge is 0.481 e. The number of unbranched alkanes of at least 4 members (excludes halogenated alkanes) is 1. The summed E-state index contributed by atoms with van der Waals surface area (Å²) in [5.41, 5.74) is -5.03. The maximum Gasteiger partial charge on any atom is 0.438 e. The predicted molar refractivity (Wildman–Crippen MR) is 52.7 cm³/mol. The average molecular weight is 310 g/mol. The highest BCUT2D eigenvalue weighted by Gasteiger charge is 2.75. The fourth-order valence-corrected chi connectivity index (χ4v) is 1.29. The van der Waals surface area contributed by atoms with E-state index in [1.165, 1.54) is 0 Å². The van der Waals surface area contributed by atoms with Crippen molar-refractivity contribution in [1.82, 2.24) is 0 Å². The lowest BCUT2D eigenvalue weighted by atomic mass is 9.97. The molecule has 0 aliphatic heterocycles. The van der Waals surface area contributed by atoms with Crippen molar-refractivity contribution in [3.05, 3.63) is 0 Å². The van der Waals surface area contributed by atoms with Crippen LogP contribution in [0.4, 0.5) is 26.3 Å². The van der Waals surface area contributed by atoms with E-state index in [0.29, 0.717) is 6.42 Å². The van der Waals surface area contributed by atoms with Gasteiger partial charge in [-0.3, -0.25) is 9.59 Å². The van der Waals surface area contributed by atoms with Gasteiger partial charge >= 0.3 is 29.9 Å². The van der Waals surface area contributed by atoms with Crippen molar-refractivity contribution < 1.29 is 45.8 Å². The maximum absolute atomic E-state index is 12.7. The Labute approximate surface area is 109 Å². The normalized spacial score (nSPS) is 13.2. The molecule has 4 nitrogen and oxygen atoms in total. The van der Waals surface area contributed by atoms with Gasteiger partial charge in [-0.25, -0.2) is 0 Å². The highest BCUT2D eigenvalue weighted by atomic mass is 19.4. The van der Waals surface area contributed by atoms with E-state index < -0.39 is 42.7 Å². The van der Waals surface area contributed by atoms with Crippen LogP contribution in [0.5, 0.6) is 0 Å². The summed E-state index contributed by atoms with van der Waals surface area (Å²) in [6.07, 6.45) is -14.9. The summed E-state index contributed by atoms with van der Waals surface area (Å²) in [7, 11) is 0. The molecular formula is C10H12F6O4. The summed E-state index contributed by atoms with van der Waals surface area (Å²) in [6.45, 7) is 1.56. The van der Waals surface area contributed by atoms with Crippen LogP contribution in [0.15, 0.2) is 0 Å². The zero-order valence-electron chi connectivity index (χ0n) is 10.3. The molecule has 0 spiro atoms. The molecule has 0 bridgehead atoms. The highest BCUT2D eigenvalue weighted by Crippen LogP contribution is 2.48. The number of carbonyl (C=O) groups is 2. The van der Waals surface area contributed by atoms with Crippen LogP contribution < -0.4 is 0 Å². The summed E-state index contributed by atoms with van der Waals surface area (Å²) in [6, 6.07) is 0. The van der Waals surface area contributed by atoms with Crippen molar-refractivity contribution in [3.8, 4) is 0 Å². The molecule has 0 atom stereocenters. The highest BCUT2D eigenvalue weighted by molar-refractivity contribution is 5.73. The summed E-state index contributed by atoms with van der Waals surface area (Å²) < 4.78 is 79.4. The van der Waals surface area contributed by atoms with Gasteiger partial charge in [0.05, 0.1) is 0 Å². The lowest BCUT2D eigenvalue weighted by Crippen LogP contribution is -2.60. The van der Waals surface area contributed by atoms with Gasteiger partial charge in [-0.15, -0.1) is 0 Å². The zero-order chi connectivity index (χ0) is 16.2. The van der Waals surface area contributed by atoms with Gasteiger partial charge in [0.15, 0.2) is 0 Å². The first-order valence-corrected chi connectivity index (χ1v) is 5.44. The molecule has 0 radical (unpaired) electrons. The number of alkyl halides is 6. The Bertz CT molecular complexity index is 346. The lowest BCUT2D eigenvalue weighted by molar-refractivity contribution is -0.369. The van der Waals surface area contributed by atoms with Gasteiger partial charge in [-0.1, -0.05) is 13.3 Å². The number of hydrogen-bond donors (Lipinski definition) is 1. The van der Waals surface area contributed by atoms with Crippen molar-refractivity contribution in [2.45, 2.75) is 50.6 Å². The summed E-state index contributed by atoms with van der Waals surface area (Å²) in [4.78, 5) is 21.4. The molecule has 1 N–H and O–H groups in total. The fraction of sp³-hybridized carbons (Fsp3) is 0.800. The quantitative estimate of drug-likeness (QED) is 0.605. The van der Waals surface area contributed by atoms with Gasteiger partial charge < -0.3 is 9.84 Å². The third-order valence-corrected chi connectivity index (χ3v) is 2.34. The Morgan fingerprint density at radius 1 is 1.05 bits per heavy atom. The minimum atomic E-state index is -6.09. The van der Waals surface area contributed by atoms with Gasteiger partial charge in [0.1, 0.15) is 6.42 Å². The van der Waals surface area contributed by atoms with Crippen molar-refractivity contribution in [1.29, 1.82) is 0 Å². The topological polar surface area (TPSA) is 63.6 Å².